The quantitative estimate of drug-likeness (QED) is 0.650. The van der Waals surface area contributed by atoms with Crippen molar-refractivity contribution in [1.82, 2.24) is 35.3 Å². The highest BCUT2D eigenvalue weighted by Gasteiger charge is 2.11. The van der Waals surface area contributed by atoms with Gasteiger partial charge in [-0.25, -0.2) is 15.0 Å². The van der Waals surface area contributed by atoms with Crippen LogP contribution < -0.4 is 0 Å². The summed E-state index contributed by atoms with van der Waals surface area (Å²) in [4.78, 5) is 11.9. The molecule has 0 bridgehead atoms. The summed E-state index contributed by atoms with van der Waals surface area (Å²) in [7, 11) is 0. The third kappa shape index (κ3) is 1.88. The zero-order valence-electron chi connectivity index (χ0n) is 9.17. The zero-order valence-corrected chi connectivity index (χ0v) is 9.17. The van der Waals surface area contributed by atoms with E-state index in [4.69, 9.17) is 0 Å². The molecule has 0 atom stereocenters. The standard InChI is InChI=1S/C11H7N7/c1-3-15-17-5-8(1)9-2-4-16-18-10(9)11-13-6-12-7-14-11/h1-7H. The smallest absolute Gasteiger partial charge is 0.183 e. The van der Waals surface area contributed by atoms with E-state index < -0.39 is 0 Å². The van der Waals surface area contributed by atoms with Crippen LogP contribution in [-0.4, -0.2) is 35.3 Å². The molecular formula is C11H7N7. The molecule has 18 heavy (non-hydrogen) atoms. The summed E-state index contributed by atoms with van der Waals surface area (Å²) in [6, 6.07) is 3.68. The summed E-state index contributed by atoms with van der Waals surface area (Å²) in [5.41, 5.74) is 2.33. The molecule has 3 rings (SSSR count). The van der Waals surface area contributed by atoms with E-state index in [1.807, 2.05) is 12.1 Å². The fourth-order valence-electron chi connectivity index (χ4n) is 1.54. The van der Waals surface area contributed by atoms with Crippen molar-refractivity contribution in [2.24, 2.45) is 0 Å². The van der Waals surface area contributed by atoms with E-state index in [1.165, 1.54) is 12.7 Å². The zero-order chi connectivity index (χ0) is 12.2. The van der Waals surface area contributed by atoms with Crippen molar-refractivity contribution in [3.63, 3.8) is 0 Å². The molecular weight excluding hydrogens is 230 g/mol. The lowest BCUT2D eigenvalue weighted by Gasteiger charge is -2.04. The van der Waals surface area contributed by atoms with Crippen molar-refractivity contribution in [2.75, 3.05) is 0 Å². The van der Waals surface area contributed by atoms with Crippen molar-refractivity contribution >= 4 is 0 Å². The second kappa shape index (κ2) is 4.58. The molecule has 0 spiro atoms. The SMILES string of the molecule is c1cc(-c2ccnnc2-c2ncncn2)cnn1. The third-order valence-electron chi connectivity index (χ3n) is 2.32. The first-order valence-corrected chi connectivity index (χ1v) is 5.16. The highest BCUT2D eigenvalue weighted by molar-refractivity contribution is 5.76. The average molecular weight is 237 g/mol. The number of nitrogens with zero attached hydrogens (tertiary/aromatic N) is 7. The molecule has 0 aliphatic carbocycles. The number of aromatic nitrogens is 7. The lowest BCUT2D eigenvalue weighted by atomic mass is 10.1. The van der Waals surface area contributed by atoms with E-state index in [9.17, 15) is 0 Å². The van der Waals surface area contributed by atoms with Crippen molar-refractivity contribution < 1.29 is 0 Å². The second-order valence-corrected chi connectivity index (χ2v) is 3.39. The molecule has 3 heterocycles. The van der Waals surface area contributed by atoms with Gasteiger partial charge in [0.1, 0.15) is 18.3 Å². The van der Waals surface area contributed by atoms with E-state index in [2.05, 4.69) is 35.3 Å². The van der Waals surface area contributed by atoms with Crippen molar-refractivity contribution in [3.8, 4) is 22.6 Å². The van der Waals surface area contributed by atoms with Crippen LogP contribution in [0.2, 0.25) is 0 Å². The van der Waals surface area contributed by atoms with Gasteiger partial charge in [-0.15, -0.1) is 5.10 Å². The molecule has 0 aliphatic rings. The van der Waals surface area contributed by atoms with Gasteiger partial charge in [0.15, 0.2) is 5.82 Å². The predicted octanol–water partition coefficient (Wildman–Crippen LogP) is 0.786. The maximum absolute atomic E-state index is 4.07. The van der Waals surface area contributed by atoms with Crippen LogP contribution in [0.3, 0.4) is 0 Å². The summed E-state index contributed by atoms with van der Waals surface area (Å²) < 4.78 is 0. The first-order chi connectivity index (χ1) is 8.95. The molecule has 7 nitrogen and oxygen atoms in total. The Morgan fingerprint density at radius 3 is 2.44 bits per heavy atom. The molecule has 0 radical (unpaired) electrons. The van der Waals surface area contributed by atoms with Gasteiger partial charge in [-0.3, -0.25) is 0 Å². The highest BCUT2D eigenvalue weighted by Crippen LogP contribution is 2.25. The average Bonchev–Trinajstić information content (AvgIpc) is 2.49. The van der Waals surface area contributed by atoms with E-state index >= 15 is 0 Å². The Morgan fingerprint density at radius 2 is 1.67 bits per heavy atom. The number of hydrogen-bond donors (Lipinski definition) is 0. The fourth-order valence-corrected chi connectivity index (χ4v) is 1.54. The van der Waals surface area contributed by atoms with Crippen LogP contribution in [0.15, 0.2) is 43.4 Å². The molecule has 0 unspecified atom stereocenters. The Bertz CT molecular complexity index is 583. The summed E-state index contributed by atoms with van der Waals surface area (Å²) in [6.45, 7) is 0. The van der Waals surface area contributed by atoms with Crippen LogP contribution in [0.5, 0.6) is 0 Å². The molecule has 7 heteroatoms. The topological polar surface area (TPSA) is 90.2 Å². The van der Waals surface area contributed by atoms with Gasteiger partial charge in [0, 0.05) is 11.1 Å². The second-order valence-electron chi connectivity index (χ2n) is 3.39. The Kier molecular flexibility index (Phi) is 2.63. The van der Waals surface area contributed by atoms with Crippen LogP contribution in [-0.2, 0) is 0 Å². The van der Waals surface area contributed by atoms with Crippen LogP contribution in [0.4, 0.5) is 0 Å². The van der Waals surface area contributed by atoms with Gasteiger partial charge < -0.3 is 0 Å². The van der Waals surface area contributed by atoms with Gasteiger partial charge in [-0.05, 0) is 12.1 Å². The normalized spacial score (nSPS) is 10.2. The molecule has 0 saturated heterocycles. The third-order valence-corrected chi connectivity index (χ3v) is 2.32. The van der Waals surface area contributed by atoms with Gasteiger partial charge in [0.2, 0.25) is 0 Å². The molecule has 0 aromatic carbocycles. The molecule has 0 saturated carbocycles. The van der Waals surface area contributed by atoms with E-state index in [1.54, 1.807) is 18.6 Å². The van der Waals surface area contributed by atoms with Crippen LogP contribution >= 0.6 is 0 Å². The Morgan fingerprint density at radius 1 is 0.833 bits per heavy atom. The minimum absolute atomic E-state index is 0.477. The highest BCUT2D eigenvalue weighted by atomic mass is 15.1. The molecule has 0 N–H and O–H groups in total. The lowest BCUT2D eigenvalue weighted by molar-refractivity contribution is 0.986. The fraction of sp³-hybridized carbons (Fsp3) is 0. The van der Waals surface area contributed by atoms with Crippen molar-refractivity contribution in [2.45, 2.75) is 0 Å². The van der Waals surface area contributed by atoms with Gasteiger partial charge in [0.05, 0.1) is 18.6 Å². The summed E-state index contributed by atoms with van der Waals surface area (Å²) in [6.07, 6.45) is 7.73. The van der Waals surface area contributed by atoms with Gasteiger partial charge in [0.25, 0.3) is 0 Å². The predicted molar refractivity (Wildman–Crippen MR) is 61.9 cm³/mol. The lowest BCUT2D eigenvalue weighted by Crippen LogP contribution is -1.97. The molecule has 0 fully saturated rings. The van der Waals surface area contributed by atoms with Gasteiger partial charge >= 0.3 is 0 Å². The maximum Gasteiger partial charge on any atom is 0.183 e. The largest absolute Gasteiger partial charge is 0.225 e. The van der Waals surface area contributed by atoms with Gasteiger partial charge in [-0.2, -0.15) is 15.3 Å². The van der Waals surface area contributed by atoms with Crippen LogP contribution in [0, 0.1) is 0 Å². The Labute approximate surface area is 102 Å². The minimum Gasteiger partial charge on any atom is -0.225 e. The maximum atomic E-state index is 4.07. The summed E-state index contributed by atoms with van der Waals surface area (Å²) >= 11 is 0. The molecule has 86 valence electrons. The molecule has 3 aromatic heterocycles. The Balaban J connectivity index is 2.18. The van der Waals surface area contributed by atoms with Crippen LogP contribution in [0.25, 0.3) is 22.6 Å². The van der Waals surface area contributed by atoms with Gasteiger partial charge in [-0.1, -0.05) is 0 Å². The number of hydrogen-bond acceptors (Lipinski definition) is 7. The molecule has 0 amide bonds. The first-order valence-electron chi connectivity index (χ1n) is 5.16. The molecule has 0 aliphatic heterocycles. The van der Waals surface area contributed by atoms with E-state index in [0.717, 1.165) is 11.1 Å². The minimum atomic E-state index is 0.477. The van der Waals surface area contributed by atoms with E-state index in [-0.39, 0.29) is 0 Å². The molecule has 3 aromatic rings. The van der Waals surface area contributed by atoms with Crippen molar-refractivity contribution in [3.05, 3.63) is 43.4 Å². The van der Waals surface area contributed by atoms with Crippen molar-refractivity contribution in [1.29, 1.82) is 0 Å². The monoisotopic (exact) mass is 237 g/mol. The van der Waals surface area contributed by atoms with Crippen LogP contribution in [0.1, 0.15) is 0 Å². The summed E-state index contributed by atoms with van der Waals surface area (Å²) in [5.74, 6) is 0.477. The summed E-state index contributed by atoms with van der Waals surface area (Å²) in [5, 5.41) is 15.5. The Hall–Kier alpha value is -2.83. The number of rotatable bonds is 2. The van der Waals surface area contributed by atoms with E-state index in [0.29, 0.717) is 11.5 Å². The first kappa shape index (κ1) is 10.3.